The number of hydrogen-bond acceptors (Lipinski definition) is 2. The third-order valence-electron chi connectivity index (χ3n) is 4.73. The number of aryl methyl sites for hydroxylation is 1. The summed E-state index contributed by atoms with van der Waals surface area (Å²) in [6.07, 6.45) is 0. The summed E-state index contributed by atoms with van der Waals surface area (Å²) in [5.41, 5.74) is 4.04. The number of benzene rings is 2. The third kappa shape index (κ3) is 3.37. The van der Waals surface area contributed by atoms with E-state index in [-0.39, 0.29) is 5.56 Å². The maximum Gasteiger partial charge on any atom is 0.130 e. The summed E-state index contributed by atoms with van der Waals surface area (Å²) in [4.78, 5) is 4.47. The smallest absolute Gasteiger partial charge is 0.130 e. The molecule has 2 aromatic carbocycles. The Hall–Kier alpha value is -1.94. The van der Waals surface area contributed by atoms with Crippen molar-refractivity contribution in [2.24, 2.45) is 0 Å². The van der Waals surface area contributed by atoms with Gasteiger partial charge in [-0.05, 0) is 43.2 Å². The van der Waals surface area contributed by atoms with Crippen LogP contribution in [0.5, 0.6) is 0 Å². The first-order valence-corrected chi connectivity index (χ1v) is 8.02. The van der Waals surface area contributed by atoms with Crippen LogP contribution in [0.2, 0.25) is 0 Å². The van der Waals surface area contributed by atoms with Crippen LogP contribution < -0.4 is 4.90 Å². The SMILES string of the molecule is Cc1cccc(N2CCN(Cc3c(F)cccc3F)CC2)c1C. The van der Waals surface area contributed by atoms with Crippen LogP contribution in [0.3, 0.4) is 0 Å². The quantitative estimate of drug-likeness (QED) is 0.847. The predicted octanol–water partition coefficient (Wildman–Crippen LogP) is 3.90. The fourth-order valence-corrected chi connectivity index (χ4v) is 3.13. The lowest BCUT2D eigenvalue weighted by molar-refractivity contribution is 0.243. The molecule has 4 heteroatoms. The molecule has 2 nitrogen and oxygen atoms in total. The van der Waals surface area contributed by atoms with Gasteiger partial charge < -0.3 is 4.90 Å². The van der Waals surface area contributed by atoms with Gasteiger partial charge in [0.1, 0.15) is 11.6 Å². The molecular weight excluding hydrogens is 294 g/mol. The van der Waals surface area contributed by atoms with Crippen molar-refractivity contribution in [3.63, 3.8) is 0 Å². The Balaban J connectivity index is 1.66. The normalized spacial score (nSPS) is 15.9. The summed E-state index contributed by atoms with van der Waals surface area (Å²) < 4.78 is 27.5. The Labute approximate surface area is 136 Å². The van der Waals surface area contributed by atoms with Gasteiger partial charge in [0.25, 0.3) is 0 Å². The van der Waals surface area contributed by atoms with E-state index < -0.39 is 11.6 Å². The summed E-state index contributed by atoms with van der Waals surface area (Å²) in [5, 5.41) is 0. The fraction of sp³-hybridized carbons (Fsp3) is 0.368. The average molecular weight is 316 g/mol. The number of rotatable bonds is 3. The average Bonchev–Trinajstić information content (AvgIpc) is 2.54. The molecule has 0 spiro atoms. The van der Waals surface area contributed by atoms with Crippen LogP contribution in [0, 0.1) is 25.5 Å². The zero-order valence-electron chi connectivity index (χ0n) is 13.6. The number of hydrogen-bond donors (Lipinski definition) is 0. The topological polar surface area (TPSA) is 6.48 Å². The van der Waals surface area contributed by atoms with Gasteiger partial charge in [0.05, 0.1) is 0 Å². The first kappa shape index (κ1) is 15.9. The van der Waals surface area contributed by atoms with Crippen LogP contribution in [0.15, 0.2) is 36.4 Å². The molecule has 0 aliphatic carbocycles. The van der Waals surface area contributed by atoms with Crippen molar-refractivity contribution < 1.29 is 8.78 Å². The van der Waals surface area contributed by atoms with Gasteiger partial charge >= 0.3 is 0 Å². The minimum atomic E-state index is -0.457. The highest BCUT2D eigenvalue weighted by Gasteiger charge is 2.20. The van der Waals surface area contributed by atoms with Crippen LogP contribution >= 0.6 is 0 Å². The van der Waals surface area contributed by atoms with E-state index in [9.17, 15) is 8.78 Å². The monoisotopic (exact) mass is 316 g/mol. The molecule has 0 radical (unpaired) electrons. The minimum Gasteiger partial charge on any atom is -0.369 e. The Bertz CT molecular complexity index is 672. The molecule has 2 aromatic rings. The van der Waals surface area contributed by atoms with Crippen molar-refractivity contribution in [2.45, 2.75) is 20.4 Å². The van der Waals surface area contributed by atoms with Crippen molar-refractivity contribution in [2.75, 3.05) is 31.1 Å². The van der Waals surface area contributed by atoms with Gasteiger partial charge in [-0.25, -0.2) is 8.78 Å². The first-order chi connectivity index (χ1) is 11.1. The van der Waals surface area contributed by atoms with E-state index in [2.05, 4.69) is 41.8 Å². The molecule has 0 N–H and O–H groups in total. The van der Waals surface area contributed by atoms with Crippen LogP contribution in [0.25, 0.3) is 0 Å². The van der Waals surface area contributed by atoms with Crippen molar-refractivity contribution in [3.05, 3.63) is 64.7 Å². The van der Waals surface area contributed by atoms with Crippen molar-refractivity contribution in [1.82, 2.24) is 4.90 Å². The van der Waals surface area contributed by atoms with Crippen molar-refractivity contribution >= 4 is 5.69 Å². The van der Waals surface area contributed by atoms with Gasteiger partial charge in [-0.1, -0.05) is 18.2 Å². The summed E-state index contributed by atoms with van der Waals surface area (Å²) in [5.74, 6) is -0.913. The zero-order chi connectivity index (χ0) is 16.4. The molecule has 1 aliphatic heterocycles. The van der Waals surface area contributed by atoms with Crippen LogP contribution in [0.4, 0.5) is 14.5 Å². The molecule has 1 saturated heterocycles. The molecule has 0 amide bonds. The van der Waals surface area contributed by atoms with Crippen LogP contribution in [-0.2, 0) is 6.54 Å². The van der Waals surface area contributed by atoms with Gasteiger partial charge in [0, 0.05) is 44.0 Å². The van der Waals surface area contributed by atoms with E-state index in [1.807, 2.05) is 0 Å². The Morgan fingerprint density at radius 1 is 0.870 bits per heavy atom. The highest BCUT2D eigenvalue weighted by molar-refractivity contribution is 5.56. The molecule has 0 atom stereocenters. The fourth-order valence-electron chi connectivity index (χ4n) is 3.13. The lowest BCUT2D eigenvalue weighted by Gasteiger charge is -2.37. The second-order valence-electron chi connectivity index (χ2n) is 6.18. The van der Waals surface area contributed by atoms with Crippen molar-refractivity contribution in [1.29, 1.82) is 0 Å². The summed E-state index contributed by atoms with van der Waals surface area (Å²) in [7, 11) is 0. The molecule has 122 valence electrons. The van der Waals surface area contributed by atoms with Crippen LogP contribution in [-0.4, -0.2) is 31.1 Å². The molecular formula is C19H22F2N2. The van der Waals surface area contributed by atoms with E-state index in [1.165, 1.54) is 35.0 Å². The highest BCUT2D eigenvalue weighted by Crippen LogP contribution is 2.24. The maximum atomic E-state index is 13.8. The molecule has 1 aliphatic rings. The number of halogens is 2. The van der Waals surface area contributed by atoms with Gasteiger partial charge in [-0.3, -0.25) is 4.90 Å². The number of nitrogens with zero attached hydrogens (tertiary/aromatic N) is 2. The molecule has 0 bridgehead atoms. The van der Waals surface area contributed by atoms with Gasteiger partial charge in [-0.2, -0.15) is 0 Å². The largest absolute Gasteiger partial charge is 0.369 e. The molecule has 0 saturated carbocycles. The standard InChI is InChI=1S/C19H22F2N2/c1-14-5-3-8-19(15(14)2)23-11-9-22(10-12-23)13-16-17(20)6-4-7-18(16)21/h3-8H,9-13H2,1-2H3. The maximum absolute atomic E-state index is 13.8. The molecule has 1 fully saturated rings. The summed E-state index contributed by atoms with van der Waals surface area (Å²) in [6.45, 7) is 7.96. The van der Waals surface area contributed by atoms with E-state index in [4.69, 9.17) is 0 Å². The van der Waals surface area contributed by atoms with Gasteiger partial charge in [0.15, 0.2) is 0 Å². The zero-order valence-corrected chi connectivity index (χ0v) is 13.6. The van der Waals surface area contributed by atoms with E-state index in [0.717, 1.165) is 26.2 Å². The highest BCUT2D eigenvalue weighted by atomic mass is 19.1. The molecule has 1 heterocycles. The second kappa shape index (κ2) is 6.67. The van der Waals surface area contributed by atoms with Gasteiger partial charge in [-0.15, -0.1) is 0 Å². The summed E-state index contributed by atoms with van der Waals surface area (Å²) in [6, 6.07) is 10.4. The Morgan fingerprint density at radius 2 is 1.48 bits per heavy atom. The molecule has 23 heavy (non-hydrogen) atoms. The van der Waals surface area contributed by atoms with Crippen molar-refractivity contribution in [3.8, 4) is 0 Å². The minimum absolute atomic E-state index is 0.174. The van der Waals surface area contributed by atoms with E-state index in [0.29, 0.717) is 6.54 Å². The Kier molecular flexibility index (Phi) is 4.62. The second-order valence-corrected chi connectivity index (χ2v) is 6.18. The Morgan fingerprint density at radius 3 is 2.13 bits per heavy atom. The number of anilines is 1. The van der Waals surface area contributed by atoms with E-state index in [1.54, 1.807) is 0 Å². The summed E-state index contributed by atoms with van der Waals surface area (Å²) >= 11 is 0. The molecule has 0 unspecified atom stereocenters. The lowest BCUT2D eigenvalue weighted by Crippen LogP contribution is -2.46. The predicted molar refractivity (Wildman–Crippen MR) is 89.8 cm³/mol. The van der Waals surface area contributed by atoms with E-state index >= 15 is 0 Å². The first-order valence-electron chi connectivity index (χ1n) is 8.02. The lowest BCUT2D eigenvalue weighted by atomic mass is 10.1. The van der Waals surface area contributed by atoms with Crippen LogP contribution in [0.1, 0.15) is 16.7 Å². The number of piperazine rings is 1. The molecule has 0 aromatic heterocycles. The van der Waals surface area contributed by atoms with Gasteiger partial charge in [0.2, 0.25) is 0 Å². The third-order valence-corrected chi connectivity index (χ3v) is 4.73. The molecule has 3 rings (SSSR count).